The van der Waals surface area contributed by atoms with Crippen LogP contribution in [0.5, 0.6) is 11.5 Å². The van der Waals surface area contributed by atoms with Gasteiger partial charge >= 0.3 is 5.97 Å². The van der Waals surface area contributed by atoms with Crippen molar-refractivity contribution in [2.45, 2.75) is 18.4 Å². The van der Waals surface area contributed by atoms with Crippen molar-refractivity contribution in [1.29, 1.82) is 0 Å². The first kappa shape index (κ1) is 19.7. The molecule has 0 saturated heterocycles. The molecule has 0 unspecified atom stereocenters. The molecule has 0 radical (unpaired) electrons. The average molecular weight is 379 g/mol. The Labute approximate surface area is 152 Å². The maximum Gasteiger partial charge on any atom is 0.337 e. The predicted molar refractivity (Wildman–Crippen MR) is 96.0 cm³/mol. The molecule has 0 fully saturated rings. The first-order valence-corrected chi connectivity index (χ1v) is 9.37. The van der Waals surface area contributed by atoms with Gasteiger partial charge in [-0.15, -0.1) is 0 Å². The zero-order chi connectivity index (χ0) is 19.2. The molecule has 0 spiro atoms. The molecule has 2 rings (SSSR count). The van der Waals surface area contributed by atoms with Gasteiger partial charge in [0.1, 0.15) is 0 Å². The van der Waals surface area contributed by atoms with Crippen LogP contribution in [-0.2, 0) is 21.3 Å². The summed E-state index contributed by atoms with van der Waals surface area (Å²) in [6, 6.07) is 10.8. The van der Waals surface area contributed by atoms with Crippen LogP contribution in [0.2, 0.25) is 0 Å². The van der Waals surface area contributed by atoms with E-state index in [0.29, 0.717) is 23.7 Å². The lowest BCUT2D eigenvalue weighted by Crippen LogP contribution is -2.23. The van der Waals surface area contributed by atoms with Crippen molar-refractivity contribution in [3.63, 3.8) is 0 Å². The molecule has 0 amide bonds. The summed E-state index contributed by atoms with van der Waals surface area (Å²) in [6.45, 7) is 2.43. The van der Waals surface area contributed by atoms with E-state index >= 15 is 0 Å². The van der Waals surface area contributed by atoms with Gasteiger partial charge in [-0.25, -0.2) is 17.9 Å². The number of ether oxygens (including phenoxy) is 3. The second-order valence-electron chi connectivity index (χ2n) is 5.26. The van der Waals surface area contributed by atoms with E-state index in [2.05, 4.69) is 9.46 Å². The third-order valence-electron chi connectivity index (χ3n) is 3.56. The minimum atomic E-state index is -3.79. The molecule has 7 nitrogen and oxygen atoms in total. The fourth-order valence-electron chi connectivity index (χ4n) is 2.27. The lowest BCUT2D eigenvalue weighted by molar-refractivity contribution is 0.0600. The summed E-state index contributed by atoms with van der Waals surface area (Å²) in [6.07, 6.45) is 0. The number of esters is 1. The van der Waals surface area contributed by atoms with Gasteiger partial charge in [0.2, 0.25) is 10.0 Å². The number of carbonyl (C=O) groups is 1. The van der Waals surface area contributed by atoms with E-state index in [9.17, 15) is 13.2 Å². The van der Waals surface area contributed by atoms with Gasteiger partial charge in [-0.1, -0.05) is 12.1 Å². The van der Waals surface area contributed by atoms with E-state index in [1.807, 2.05) is 6.92 Å². The number of hydrogen-bond donors (Lipinski definition) is 1. The van der Waals surface area contributed by atoms with Crippen molar-refractivity contribution in [3.8, 4) is 11.5 Å². The van der Waals surface area contributed by atoms with Gasteiger partial charge in [-0.05, 0) is 42.8 Å². The van der Waals surface area contributed by atoms with Crippen LogP contribution in [0, 0.1) is 0 Å². The molecule has 0 atom stereocenters. The lowest BCUT2D eigenvalue weighted by atomic mass is 10.2. The SMILES string of the molecule is CCOc1ccc(CNS(=O)(=O)c2cccc(C(=O)OC)c2)cc1OC. The summed E-state index contributed by atoms with van der Waals surface area (Å²) < 4.78 is 42.8. The van der Waals surface area contributed by atoms with Crippen LogP contribution in [-0.4, -0.2) is 35.2 Å². The standard InChI is InChI=1S/C18H21NO6S/c1-4-25-16-9-8-13(10-17(16)23-2)12-19-26(21,22)15-7-5-6-14(11-15)18(20)24-3/h5-11,19H,4,12H2,1-3H3. The van der Waals surface area contributed by atoms with Crippen LogP contribution in [0.3, 0.4) is 0 Å². The topological polar surface area (TPSA) is 90.9 Å². The van der Waals surface area contributed by atoms with Crippen LogP contribution in [0.4, 0.5) is 0 Å². The largest absolute Gasteiger partial charge is 0.493 e. The summed E-state index contributed by atoms with van der Waals surface area (Å²) in [7, 11) is -1.04. The molecule has 0 heterocycles. The number of sulfonamides is 1. The van der Waals surface area contributed by atoms with E-state index in [1.165, 1.54) is 38.5 Å². The highest BCUT2D eigenvalue weighted by molar-refractivity contribution is 7.89. The number of methoxy groups -OCH3 is 2. The zero-order valence-electron chi connectivity index (χ0n) is 14.8. The van der Waals surface area contributed by atoms with Crippen LogP contribution in [0.15, 0.2) is 47.4 Å². The summed E-state index contributed by atoms with van der Waals surface area (Å²) in [4.78, 5) is 11.5. The van der Waals surface area contributed by atoms with E-state index in [1.54, 1.807) is 18.2 Å². The Balaban J connectivity index is 2.17. The minimum Gasteiger partial charge on any atom is -0.493 e. The summed E-state index contributed by atoms with van der Waals surface area (Å²) in [5, 5.41) is 0. The third-order valence-corrected chi connectivity index (χ3v) is 4.96. The Morgan fingerprint density at radius 1 is 1.08 bits per heavy atom. The molecule has 1 N–H and O–H groups in total. The number of hydrogen-bond acceptors (Lipinski definition) is 6. The molecule has 0 aliphatic heterocycles. The molecule has 26 heavy (non-hydrogen) atoms. The van der Waals surface area contributed by atoms with Gasteiger partial charge < -0.3 is 14.2 Å². The molecular weight excluding hydrogens is 358 g/mol. The molecule has 0 aromatic heterocycles. The van der Waals surface area contributed by atoms with Crippen LogP contribution < -0.4 is 14.2 Å². The zero-order valence-corrected chi connectivity index (χ0v) is 15.6. The van der Waals surface area contributed by atoms with Crippen molar-refractivity contribution in [3.05, 3.63) is 53.6 Å². The van der Waals surface area contributed by atoms with Crippen molar-refractivity contribution >= 4 is 16.0 Å². The smallest absolute Gasteiger partial charge is 0.337 e. The van der Waals surface area contributed by atoms with Gasteiger partial charge in [0.15, 0.2) is 11.5 Å². The van der Waals surface area contributed by atoms with Crippen molar-refractivity contribution < 1.29 is 27.4 Å². The Morgan fingerprint density at radius 3 is 2.50 bits per heavy atom. The normalized spacial score (nSPS) is 11.0. The van der Waals surface area contributed by atoms with Crippen LogP contribution in [0.25, 0.3) is 0 Å². The van der Waals surface area contributed by atoms with E-state index < -0.39 is 16.0 Å². The molecule has 0 saturated carbocycles. The quantitative estimate of drug-likeness (QED) is 0.708. The predicted octanol–water partition coefficient (Wildman–Crippen LogP) is 2.36. The van der Waals surface area contributed by atoms with Crippen molar-refractivity contribution in [2.24, 2.45) is 0 Å². The maximum atomic E-state index is 12.5. The molecule has 0 bridgehead atoms. The summed E-state index contributed by atoms with van der Waals surface area (Å²) in [5.41, 5.74) is 0.871. The average Bonchev–Trinajstić information content (AvgIpc) is 2.66. The van der Waals surface area contributed by atoms with Gasteiger partial charge in [0, 0.05) is 6.54 Å². The Morgan fingerprint density at radius 2 is 1.85 bits per heavy atom. The van der Waals surface area contributed by atoms with Crippen molar-refractivity contribution in [2.75, 3.05) is 20.8 Å². The minimum absolute atomic E-state index is 0.0155. The number of benzene rings is 2. The highest BCUT2D eigenvalue weighted by Crippen LogP contribution is 2.28. The second kappa shape index (κ2) is 8.68. The summed E-state index contributed by atoms with van der Waals surface area (Å²) in [5.74, 6) is 0.516. The number of carbonyl (C=O) groups excluding carboxylic acids is 1. The fraction of sp³-hybridized carbons (Fsp3) is 0.278. The van der Waals surface area contributed by atoms with E-state index in [0.717, 1.165) is 0 Å². The molecule has 2 aromatic rings. The third kappa shape index (κ3) is 4.74. The Kier molecular flexibility index (Phi) is 6.59. The van der Waals surface area contributed by atoms with Gasteiger partial charge in [0.25, 0.3) is 0 Å². The lowest BCUT2D eigenvalue weighted by Gasteiger charge is -2.12. The number of rotatable bonds is 8. The molecule has 2 aromatic carbocycles. The highest BCUT2D eigenvalue weighted by Gasteiger charge is 2.17. The Bertz CT molecular complexity index is 879. The van der Waals surface area contributed by atoms with Gasteiger partial charge in [-0.2, -0.15) is 0 Å². The number of nitrogens with one attached hydrogen (secondary N) is 1. The molecule has 0 aliphatic carbocycles. The maximum absolute atomic E-state index is 12.5. The fourth-order valence-corrected chi connectivity index (χ4v) is 3.33. The van der Waals surface area contributed by atoms with Crippen LogP contribution in [0.1, 0.15) is 22.8 Å². The van der Waals surface area contributed by atoms with E-state index in [-0.39, 0.29) is 17.0 Å². The van der Waals surface area contributed by atoms with Gasteiger partial charge in [-0.3, -0.25) is 0 Å². The van der Waals surface area contributed by atoms with Gasteiger partial charge in [0.05, 0.1) is 31.3 Å². The summed E-state index contributed by atoms with van der Waals surface area (Å²) >= 11 is 0. The molecular formula is C18H21NO6S. The first-order chi connectivity index (χ1) is 12.4. The molecule has 8 heteroatoms. The van der Waals surface area contributed by atoms with Crippen molar-refractivity contribution in [1.82, 2.24) is 4.72 Å². The monoisotopic (exact) mass is 379 g/mol. The Hall–Kier alpha value is -2.58. The molecule has 140 valence electrons. The van der Waals surface area contributed by atoms with Crippen LogP contribution >= 0.6 is 0 Å². The second-order valence-corrected chi connectivity index (χ2v) is 7.03. The highest BCUT2D eigenvalue weighted by atomic mass is 32.2. The molecule has 0 aliphatic rings. The first-order valence-electron chi connectivity index (χ1n) is 7.89. The van der Waals surface area contributed by atoms with E-state index in [4.69, 9.17) is 9.47 Å².